The third-order valence-electron chi connectivity index (χ3n) is 3.53. The van der Waals surface area contributed by atoms with E-state index in [2.05, 4.69) is 36.0 Å². The van der Waals surface area contributed by atoms with Gasteiger partial charge in [-0.15, -0.1) is 0 Å². The maximum absolute atomic E-state index is 11.0. The molecule has 0 aromatic heterocycles. The van der Waals surface area contributed by atoms with Crippen LogP contribution in [0.15, 0.2) is 24.3 Å². The fourth-order valence-electron chi connectivity index (χ4n) is 2.23. The summed E-state index contributed by atoms with van der Waals surface area (Å²) in [7, 11) is 0. The lowest BCUT2D eigenvalue weighted by atomic mass is 10.1. The summed E-state index contributed by atoms with van der Waals surface area (Å²) in [5, 5.41) is 8.26. The minimum Gasteiger partial charge on any atom is -0.449 e. The van der Waals surface area contributed by atoms with E-state index in [9.17, 15) is 9.59 Å². The van der Waals surface area contributed by atoms with Gasteiger partial charge in [0.15, 0.2) is 0 Å². The number of carboxylic acid groups (broad SMARTS) is 1. The van der Waals surface area contributed by atoms with Crippen molar-refractivity contribution < 1.29 is 19.4 Å². The number of unbranched alkanes of at least 4 members (excludes halogenated alkanes) is 8. The summed E-state index contributed by atoms with van der Waals surface area (Å²) >= 11 is 0. The van der Waals surface area contributed by atoms with Crippen molar-refractivity contribution in [3.63, 3.8) is 0 Å². The summed E-state index contributed by atoms with van der Waals surface area (Å²) in [5.74, 6) is -0.650. The van der Waals surface area contributed by atoms with Gasteiger partial charge >= 0.3 is 12.1 Å². The average Bonchev–Trinajstić information content (AvgIpc) is 2.50. The molecule has 0 aliphatic carbocycles. The van der Waals surface area contributed by atoms with Crippen LogP contribution in [0.2, 0.25) is 0 Å². The van der Waals surface area contributed by atoms with E-state index in [-0.39, 0.29) is 6.42 Å². The zero-order chi connectivity index (χ0) is 17.2. The molecule has 0 atom stereocenters. The fraction of sp³-hybridized carbons (Fsp3) is 0.684. The lowest BCUT2D eigenvalue weighted by Crippen LogP contribution is -2.09. The molecule has 0 bridgehead atoms. The lowest BCUT2D eigenvalue weighted by Gasteiger charge is -2.00. The van der Waals surface area contributed by atoms with Crippen molar-refractivity contribution in [2.75, 3.05) is 0 Å². The van der Waals surface area contributed by atoms with E-state index in [0.29, 0.717) is 6.42 Å². The smallest absolute Gasteiger partial charge is 0.449 e. The Morgan fingerprint density at radius 1 is 0.826 bits per heavy atom. The first-order valence-corrected chi connectivity index (χ1v) is 8.90. The van der Waals surface area contributed by atoms with Gasteiger partial charge < -0.3 is 9.84 Å². The van der Waals surface area contributed by atoms with Gasteiger partial charge in [0.2, 0.25) is 0 Å². The van der Waals surface area contributed by atoms with Crippen molar-refractivity contribution in [3.05, 3.63) is 24.3 Å². The second-order valence-corrected chi connectivity index (χ2v) is 5.72. The normalized spacial score (nSPS) is 11.3. The molecule has 0 radical (unpaired) electrons. The summed E-state index contributed by atoms with van der Waals surface area (Å²) in [6, 6.07) is 0. The minimum atomic E-state index is -1.52. The first-order valence-electron chi connectivity index (χ1n) is 8.90. The average molecular weight is 324 g/mol. The van der Waals surface area contributed by atoms with Gasteiger partial charge in [-0.25, -0.2) is 4.79 Å². The SMILES string of the molecule is CCCCC/C=C\C/C=C\CCCCCCCC(=O)OC(=O)O. The quantitative estimate of drug-likeness (QED) is 0.184. The molecule has 0 aromatic rings. The minimum absolute atomic E-state index is 0.191. The number of hydrogen-bond donors (Lipinski definition) is 1. The van der Waals surface area contributed by atoms with E-state index in [4.69, 9.17) is 5.11 Å². The van der Waals surface area contributed by atoms with Gasteiger partial charge in [-0.2, -0.15) is 0 Å². The van der Waals surface area contributed by atoms with Crippen molar-refractivity contribution in [1.29, 1.82) is 0 Å². The number of esters is 1. The van der Waals surface area contributed by atoms with E-state index < -0.39 is 12.1 Å². The number of carbonyl (C=O) groups excluding carboxylic acids is 1. The third kappa shape index (κ3) is 18.4. The van der Waals surface area contributed by atoms with Gasteiger partial charge in [-0.3, -0.25) is 4.79 Å². The van der Waals surface area contributed by atoms with Gasteiger partial charge in [0.05, 0.1) is 0 Å². The van der Waals surface area contributed by atoms with Crippen molar-refractivity contribution in [3.8, 4) is 0 Å². The van der Waals surface area contributed by atoms with Crippen LogP contribution in [0.3, 0.4) is 0 Å². The molecular formula is C19H32O4. The zero-order valence-electron chi connectivity index (χ0n) is 14.5. The molecule has 1 N–H and O–H groups in total. The van der Waals surface area contributed by atoms with Gasteiger partial charge in [-0.1, -0.05) is 63.3 Å². The molecular weight excluding hydrogens is 292 g/mol. The van der Waals surface area contributed by atoms with Crippen LogP contribution in [0.4, 0.5) is 4.79 Å². The third-order valence-corrected chi connectivity index (χ3v) is 3.53. The zero-order valence-corrected chi connectivity index (χ0v) is 14.5. The highest BCUT2D eigenvalue weighted by Crippen LogP contribution is 2.08. The molecule has 0 heterocycles. The number of allylic oxidation sites excluding steroid dienone is 4. The molecule has 23 heavy (non-hydrogen) atoms. The summed E-state index contributed by atoms with van der Waals surface area (Å²) in [6.07, 6.45) is 19.9. The molecule has 0 saturated heterocycles. The van der Waals surface area contributed by atoms with Crippen LogP contribution in [0.5, 0.6) is 0 Å². The van der Waals surface area contributed by atoms with Crippen LogP contribution in [-0.4, -0.2) is 17.2 Å². The van der Waals surface area contributed by atoms with Crippen LogP contribution in [0.1, 0.15) is 84.0 Å². The molecule has 4 heteroatoms. The predicted octanol–water partition coefficient (Wildman–Crippen LogP) is 6.02. The van der Waals surface area contributed by atoms with E-state index in [1.807, 2.05) is 0 Å². The van der Waals surface area contributed by atoms with Crippen LogP contribution < -0.4 is 0 Å². The molecule has 0 aliphatic heterocycles. The first kappa shape index (κ1) is 21.4. The molecule has 0 rings (SSSR count). The van der Waals surface area contributed by atoms with Crippen molar-refractivity contribution in [1.82, 2.24) is 0 Å². The molecule has 0 fully saturated rings. The predicted molar refractivity (Wildman–Crippen MR) is 93.5 cm³/mol. The molecule has 0 unspecified atom stereocenters. The van der Waals surface area contributed by atoms with Crippen molar-refractivity contribution in [2.45, 2.75) is 84.0 Å². The highest BCUT2D eigenvalue weighted by molar-refractivity contribution is 5.80. The van der Waals surface area contributed by atoms with Gasteiger partial charge in [-0.05, 0) is 38.5 Å². The van der Waals surface area contributed by atoms with Crippen molar-refractivity contribution in [2.24, 2.45) is 0 Å². The number of carbonyl (C=O) groups is 2. The van der Waals surface area contributed by atoms with Gasteiger partial charge in [0.1, 0.15) is 0 Å². The Morgan fingerprint density at radius 3 is 2.00 bits per heavy atom. The standard InChI is InChI=1S/C19H32O4/c1-2-3-4-5-6-7-8-9-10-11-12-13-14-15-16-17-18(20)23-19(21)22/h6-7,9-10H,2-5,8,11-17H2,1H3,(H,21,22)/b7-6-,10-9-. The first-order chi connectivity index (χ1) is 11.2. The molecule has 0 aromatic carbocycles. The summed E-state index contributed by atoms with van der Waals surface area (Å²) in [6.45, 7) is 2.22. The molecule has 0 aliphatic rings. The molecule has 132 valence electrons. The highest BCUT2D eigenvalue weighted by Gasteiger charge is 2.06. The maximum atomic E-state index is 11.0. The number of ether oxygens (including phenoxy) is 1. The van der Waals surface area contributed by atoms with Crippen LogP contribution in [0.25, 0.3) is 0 Å². The van der Waals surface area contributed by atoms with Crippen LogP contribution >= 0.6 is 0 Å². The highest BCUT2D eigenvalue weighted by atomic mass is 16.7. The Balaban J connectivity index is 3.28. The Labute approximate surface area is 140 Å². The molecule has 0 spiro atoms. The Kier molecular flexibility index (Phi) is 15.6. The van der Waals surface area contributed by atoms with Crippen molar-refractivity contribution >= 4 is 12.1 Å². The molecule has 4 nitrogen and oxygen atoms in total. The second kappa shape index (κ2) is 16.8. The second-order valence-electron chi connectivity index (χ2n) is 5.72. The van der Waals surface area contributed by atoms with Crippen LogP contribution in [-0.2, 0) is 9.53 Å². The van der Waals surface area contributed by atoms with Gasteiger partial charge in [0.25, 0.3) is 0 Å². The summed E-state index contributed by atoms with van der Waals surface area (Å²) in [5.41, 5.74) is 0. The molecule has 0 saturated carbocycles. The number of rotatable bonds is 14. The lowest BCUT2D eigenvalue weighted by molar-refractivity contribution is -0.139. The van der Waals surface area contributed by atoms with Gasteiger partial charge in [0, 0.05) is 6.42 Å². The number of hydrogen-bond acceptors (Lipinski definition) is 3. The Hall–Kier alpha value is -1.58. The van der Waals surface area contributed by atoms with E-state index >= 15 is 0 Å². The topological polar surface area (TPSA) is 63.6 Å². The Morgan fingerprint density at radius 2 is 1.39 bits per heavy atom. The van der Waals surface area contributed by atoms with E-state index in [1.165, 1.54) is 25.7 Å². The monoisotopic (exact) mass is 324 g/mol. The largest absolute Gasteiger partial charge is 0.513 e. The Bertz CT molecular complexity index is 358. The van der Waals surface area contributed by atoms with Crippen LogP contribution in [0, 0.1) is 0 Å². The van der Waals surface area contributed by atoms with E-state index in [1.54, 1.807) is 0 Å². The molecule has 0 amide bonds. The van der Waals surface area contributed by atoms with E-state index in [0.717, 1.165) is 38.5 Å². The fourth-order valence-corrected chi connectivity index (χ4v) is 2.23. The summed E-state index contributed by atoms with van der Waals surface area (Å²) < 4.78 is 4.03. The maximum Gasteiger partial charge on any atom is 0.513 e. The summed E-state index contributed by atoms with van der Waals surface area (Å²) in [4.78, 5) is 21.1.